The van der Waals surface area contributed by atoms with E-state index >= 15 is 4.39 Å². The molecule has 2 atom stereocenters. The van der Waals surface area contributed by atoms with Gasteiger partial charge in [-0.1, -0.05) is 44.5 Å². The van der Waals surface area contributed by atoms with Crippen LogP contribution in [0.3, 0.4) is 0 Å². The summed E-state index contributed by atoms with van der Waals surface area (Å²) in [5.41, 5.74) is 0.743. The van der Waals surface area contributed by atoms with E-state index in [0.29, 0.717) is 27.6 Å². The lowest BCUT2D eigenvalue weighted by molar-refractivity contribution is -0.135. The van der Waals surface area contributed by atoms with Crippen molar-refractivity contribution in [2.75, 3.05) is 27.8 Å². The van der Waals surface area contributed by atoms with Crippen LogP contribution in [0.25, 0.3) is 11.3 Å². The van der Waals surface area contributed by atoms with Crippen LogP contribution in [0.2, 0.25) is 5.02 Å². The standard InChI is InChI=1S/C32H37ClFN5O4/c1-19-9-8-14-36-27(19)22-15-20(10-13-24(22)33)26(17-43-30(41)38(5)6)39-28(40)32(37-29(39)35,18-31(2,3)4)23-12-11-21(42-7)16-25(23)34/h8-16,26H,17-18H2,1-7H3,(H2,35,37)/t26-,32-/m1/s1. The van der Waals surface area contributed by atoms with E-state index in [2.05, 4.69) is 10.3 Å². The van der Waals surface area contributed by atoms with Crippen molar-refractivity contribution in [1.82, 2.24) is 20.1 Å². The Kier molecular flexibility index (Phi) is 9.01. The molecule has 2 heterocycles. The molecule has 0 saturated carbocycles. The molecule has 1 saturated heterocycles. The van der Waals surface area contributed by atoms with Crippen LogP contribution in [0, 0.1) is 23.6 Å². The van der Waals surface area contributed by atoms with Gasteiger partial charge in [-0.25, -0.2) is 9.18 Å². The van der Waals surface area contributed by atoms with Gasteiger partial charge in [0.25, 0.3) is 5.91 Å². The number of nitrogens with zero attached hydrogens (tertiary/aromatic N) is 3. The number of methoxy groups -OCH3 is 1. The fourth-order valence-corrected chi connectivity index (χ4v) is 5.59. The molecule has 9 nitrogen and oxygen atoms in total. The number of halogens is 2. The summed E-state index contributed by atoms with van der Waals surface area (Å²) in [6, 6.07) is 12.3. The van der Waals surface area contributed by atoms with Crippen molar-refractivity contribution >= 4 is 29.6 Å². The highest BCUT2D eigenvalue weighted by Gasteiger charge is 2.55. The summed E-state index contributed by atoms with van der Waals surface area (Å²) in [6.45, 7) is 7.46. The van der Waals surface area contributed by atoms with Gasteiger partial charge in [0.1, 0.15) is 23.7 Å². The summed E-state index contributed by atoms with van der Waals surface area (Å²) in [4.78, 5) is 34.2. The van der Waals surface area contributed by atoms with Crippen molar-refractivity contribution < 1.29 is 23.5 Å². The van der Waals surface area contributed by atoms with Gasteiger partial charge in [-0.15, -0.1) is 0 Å². The van der Waals surface area contributed by atoms with Gasteiger partial charge in [-0.2, -0.15) is 0 Å². The molecule has 2 aromatic carbocycles. The van der Waals surface area contributed by atoms with Crippen molar-refractivity contribution in [2.24, 2.45) is 5.41 Å². The fourth-order valence-electron chi connectivity index (χ4n) is 5.38. The van der Waals surface area contributed by atoms with Crippen LogP contribution in [0.15, 0.2) is 54.7 Å². The third-order valence-electron chi connectivity index (χ3n) is 7.27. The van der Waals surface area contributed by atoms with Crippen LogP contribution in [-0.2, 0) is 15.1 Å². The zero-order chi connectivity index (χ0) is 31.7. The molecule has 0 bridgehead atoms. The first-order chi connectivity index (χ1) is 20.2. The minimum absolute atomic E-state index is 0.0883. The van der Waals surface area contributed by atoms with Crippen LogP contribution in [0.5, 0.6) is 5.75 Å². The van der Waals surface area contributed by atoms with Gasteiger partial charge in [0.2, 0.25) is 0 Å². The molecular weight excluding hydrogens is 573 g/mol. The normalized spacial score (nSPS) is 17.5. The maximum absolute atomic E-state index is 15.7. The summed E-state index contributed by atoms with van der Waals surface area (Å²) in [6.07, 6.45) is 1.22. The fraction of sp³-hybridized carbons (Fsp3) is 0.375. The number of nitrogens with one attached hydrogen (secondary N) is 2. The van der Waals surface area contributed by atoms with Gasteiger partial charge in [0.15, 0.2) is 5.96 Å². The Balaban J connectivity index is 1.87. The first-order valence-corrected chi connectivity index (χ1v) is 14.2. The molecule has 0 spiro atoms. The van der Waals surface area contributed by atoms with Crippen molar-refractivity contribution in [3.63, 3.8) is 0 Å². The van der Waals surface area contributed by atoms with E-state index < -0.39 is 34.8 Å². The molecule has 43 heavy (non-hydrogen) atoms. The van der Waals surface area contributed by atoms with Crippen LogP contribution in [-0.4, -0.2) is 60.6 Å². The number of benzene rings is 2. The zero-order valence-electron chi connectivity index (χ0n) is 25.4. The summed E-state index contributed by atoms with van der Waals surface area (Å²) < 4.78 is 26.4. The topological polar surface area (TPSA) is 108 Å². The molecule has 2 amide bonds. The smallest absolute Gasteiger partial charge is 0.409 e. The van der Waals surface area contributed by atoms with Gasteiger partial charge in [0.05, 0.1) is 18.8 Å². The van der Waals surface area contributed by atoms with Crippen molar-refractivity contribution in [3.05, 3.63) is 82.3 Å². The summed E-state index contributed by atoms with van der Waals surface area (Å²) in [5, 5.41) is 12.5. The number of amides is 2. The molecule has 1 fully saturated rings. The minimum atomic E-state index is -1.61. The first kappa shape index (κ1) is 31.7. The van der Waals surface area contributed by atoms with Gasteiger partial charge < -0.3 is 19.7 Å². The van der Waals surface area contributed by atoms with Gasteiger partial charge in [-0.05, 0) is 60.2 Å². The predicted molar refractivity (Wildman–Crippen MR) is 164 cm³/mol. The van der Waals surface area contributed by atoms with Crippen LogP contribution >= 0.6 is 11.6 Å². The zero-order valence-corrected chi connectivity index (χ0v) is 26.2. The molecule has 228 valence electrons. The molecule has 1 aliphatic rings. The largest absolute Gasteiger partial charge is 0.497 e. The molecule has 2 N–H and O–H groups in total. The quantitative estimate of drug-likeness (QED) is 0.311. The van der Waals surface area contributed by atoms with E-state index in [1.165, 1.54) is 29.0 Å². The average Bonchev–Trinajstić information content (AvgIpc) is 3.17. The van der Waals surface area contributed by atoms with Crippen LogP contribution < -0.4 is 10.1 Å². The maximum Gasteiger partial charge on any atom is 0.409 e. The van der Waals surface area contributed by atoms with Crippen molar-refractivity contribution in [3.8, 4) is 17.0 Å². The summed E-state index contributed by atoms with van der Waals surface area (Å²) >= 11 is 6.61. The number of pyridine rings is 1. The second-order valence-electron chi connectivity index (χ2n) is 12.0. The van der Waals surface area contributed by atoms with E-state index in [0.717, 1.165) is 5.56 Å². The lowest BCUT2D eigenvalue weighted by atomic mass is 9.75. The Hall–Kier alpha value is -4.18. The molecule has 0 aliphatic carbocycles. The van der Waals surface area contributed by atoms with E-state index in [1.54, 1.807) is 44.6 Å². The number of ether oxygens (including phenoxy) is 2. The number of guanidine groups is 1. The van der Waals surface area contributed by atoms with Gasteiger partial charge in [0, 0.05) is 42.5 Å². The Morgan fingerprint density at radius 3 is 2.53 bits per heavy atom. The summed E-state index contributed by atoms with van der Waals surface area (Å²) in [5.74, 6) is -1.14. The molecular formula is C32H37ClFN5O4. The SMILES string of the molecule is COc1ccc([C@@]2(CC(C)(C)C)NC(=N)N([C@H](COC(=O)N(C)C)c3ccc(Cl)c(-c4ncccc4C)c3)C2=O)c(F)c1. The van der Waals surface area contributed by atoms with Gasteiger partial charge >= 0.3 is 6.09 Å². The maximum atomic E-state index is 15.7. The predicted octanol–water partition coefficient (Wildman–Crippen LogP) is 6.30. The number of hydrogen-bond donors (Lipinski definition) is 2. The molecule has 0 radical (unpaired) electrons. The lowest BCUT2D eigenvalue weighted by Crippen LogP contribution is -2.48. The number of aromatic nitrogens is 1. The molecule has 4 rings (SSSR count). The van der Waals surface area contributed by atoms with E-state index in [9.17, 15) is 9.59 Å². The molecule has 1 aliphatic heterocycles. The molecule has 3 aromatic rings. The Morgan fingerprint density at radius 2 is 1.93 bits per heavy atom. The Labute approximate surface area is 256 Å². The second-order valence-corrected chi connectivity index (χ2v) is 12.4. The van der Waals surface area contributed by atoms with Gasteiger partial charge in [-0.3, -0.25) is 20.1 Å². The number of aryl methyl sites for hydroxylation is 1. The lowest BCUT2D eigenvalue weighted by Gasteiger charge is -2.35. The van der Waals surface area contributed by atoms with E-state index in [1.807, 2.05) is 39.8 Å². The molecule has 0 unspecified atom stereocenters. The van der Waals surface area contributed by atoms with Crippen LogP contribution in [0.4, 0.5) is 9.18 Å². The first-order valence-electron chi connectivity index (χ1n) is 13.8. The Bertz CT molecular complexity index is 1560. The highest BCUT2D eigenvalue weighted by molar-refractivity contribution is 6.33. The van der Waals surface area contributed by atoms with Crippen molar-refractivity contribution in [2.45, 2.75) is 45.7 Å². The van der Waals surface area contributed by atoms with Crippen LogP contribution in [0.1, 0.15) is 49.9 Å². The number of carbonyl (C=O) groups excluding carboxylic acids is 2. The summed E-state index contributed by atoms with van der Waals surface area (Å²) in [7, 11) is 4.53. The number of carbonyl (C=O) groups is 2. The highest BCUT2D eigenvalue weighted by Crippen LogP contribution is 2.44. The number of rotatable bonds is 8. The second kappa shape index (κ2) is 12.2. The Morgan fingerprint density at radius 1 is 1.21 bits per heavy atom. The third kappa shape index (κ3) is 6.44. The van der Waals surface area contributed by atoms with Crippen molar-refractivity contribution in [1.29, 1.82) is 5.41 Å². The monoisotopic (exact) mass is 609 g/mol. The average molecular weight is 610 g/mol. The third-order valence-corrected chi connectivity index (χ3v) is 7.60. The molecule has 1 aromatic heterocycles. The van der Waals surface area contributed by atoms with E-state index in [4.69, 9.17) is 26.5 Å². The van der Waals surface area contributed by atoms with E-state index in [-0.39, 0.29) is 24.6 Å². The number of hydrogen-bond acceptors (Lipinski definition) is 6. The highest BCUT2D eigenvalue weighted by atomic mass is 35.5. The minimum Gasteiger partial charge on any atom is -0.497 e. The molecule has 11 heteroatoms.